The van der Waals surface area contributed by atoms with Crippen LogP contribution in [0.1, 0.15) is 51.4 Å². The molecule has 0 aromatic carbocycles. The van der Waals surface area contributed by atoms with E-state index in [9.17, 15) is 19.5 Å². The van der Waals surface area contributed by atoms with E-state index in [4.69, 9.17) is 0 Å². The van der Waals surface area contributed by atoms with Gasteiger partial charge in [0.1, 0.15) is 0 Å². The number of aliphatic carboxylic acids is 1. The van der Waals surface area contributed by atoms with Crippen molar-refractivity contribution >= 4 is 17.8 Å². The van der Waals surface area contributed by atoms with E-state index in [1.165, 1.54) is 4.90 Å². The second-order valence-corrected chi connectivity index (χ2v) is 5.37. The largest absolute Gasteiger partial charge is 0.481 e. The first-order valence-electron chi connectivity index (χ1n) is 6.62. The quantitative estimate of drug-likeness (QED) is 0.774. The maximum Gasteiger partial charge on any atom is 0.311 e. The molecular formula is C13H19NO4. The van der Waals surface area contributed by atoms with Crippen LogP contribution in [0.3, 0.4) is 0 Å². The Morgan fingerprint density at radius 1 is 1.06 bits per heavy atom. The molecule has 18 heavy (non-hydrogen) atoms. The SMILES string of the molecule is O=C1CCCCC(=O)N1CC1(C(=O)O)CCCC1. The molecule has 0 atom stereocenters. The summed E-state index contributed by atoms with van der Waals surface area (Å²) in [4.78, 5) is 36.4. The summed E-state index contributed by atoms with van der Waals surface area (Å²) in [6, 6.07) is 0. The van der Waals surface area contributed by atoms with E-state index in [0.717, 1.165) is 25.7 Å². The Hall–Kier alpha value is -1.39. The molecule has 0 spiro atoms. The molecule has 2 amide bonds. The molecule has 0 aromatic heterocycles. The summed E-state index contributed by atoms with van der Waals surface area (Å²) < 4.78 is 0. The van der Waals surface area contributed by atoms with Crippen LogP contribution in [0.15, 0.2) is 0 Å². The van der Waals surface area contributed by atoms with Crippen molar-refractivity contribution in [2.24, 2.45) is 5.41 Å². The number of likely N-dealkylation sites (tertiary alicyclic amines) is 1. The Bertz CT molecular complexity index is 353. The molecule has 0 unspecified atom stereocenters. The number of carbonyl (C=O) groups is 3. The number of carboxylic acid groups (broad SMARTS) is 1. The molecule has 0 aromatic rings. The van der Waals surface area contributed by atoms with Gasteiger partial charge in [0, 0.05) is 19.4 Å². The highest BCUT2D eigenvalue weighted by Gasteiger charge is 2.44. The Morgan fingerprint density at radius 2 is 1.56 bits per heavy atom. The van der Waals surface area contributed by atoms with Gasteiger partial charge < -0.3 is 5.11 Å². The molecule has 1 saturated heterocycles. The number of imide groups is 1. The van der Waals surface area contributed by atoms with Crippen molar-refractivity contribution in [1.82, 2.24) is 4.90 Å². The third-order valence-electron chi connectivity index (χ3n) is 4.11. The van der Waals surface area contributed by atoms with Gasteiger partial charge in [0.2, 0.25) is 11.8 Å². The average Bonchev–Trinajstić information content (AvgIpc) is 2.75. The molecule has 2 rings (SSSR count). The van der Waals surface area contributed by atoms with Crippen LogP contribution >= 0.6 is 0 Å². The van der Waals surface area contributed by atoms with Crippen molar-refractivity contribution in [3.63, 3.8) is 0 Å². The summed E-state index contributed by atoms with van der Waals surface area (Å²) in [5, 5.41) is 9.39. The molecule has 1 aliphatic heterocycles. The maximum absolute atomic E-state index is 11.9. The first-order chi connectivity index (χ1) is 8.55. The lowest BCUT2D eigenvalue weighted by molar-refractivity contribution is -0.154. The monoisotopic (exact) mass is 253 g/mol. The fraction of sp³-hybridized carbons (Fsp3) is 0.769. The van der Waals surface area contributed by atoms with Crippen LogP contribution in [0.4, 0.5) is 0 Å². The molecular weight excluding hydrogens is 234 g/mol. The predicted molar refractivity (Wildman–Crippen MR) is 63.7 cm³/mol. The Labute approximate surface area is 106 Å². The van der Waals surface area contributed by atoms with E-state index in [-0.39, 0.29) is 18.4 Å². The number of hydrogen-bond acceptors (Lipinski definition) is 3. The minimum absolute atomic E-state index is 0.0694. The van der Waals surface area contributed by atoms with Crippen LogP contribution in [0.25, 0.3) is 0 Å². The third kappa shape index (κ3) is 2.40. The van der Waals surface area contributed by atoms with Gasteiger partial charge in [-0.2, -0.15) is 0 Å². The maximum atomic E-state index is 11.9. The van der Waals surface area contributed by atoms with E-state index in [0.29, 0.717) is 25.7 Å². The molecule has 1 saturated carbocycles. The molecule has 0 radical (unpaired) electrons. The normalized spacial score (nSPS) is 24.1. The lowest BCUT2D eigenvalue weighted by atomic mass is 9.85. The zero-order chi connectivity index (χ0) is 13.2. The van der Waals surface area contributed by atoms with Crippen LogP contribution in [-0.2, 0) is 14.4 Å². The lowest BCUT2D eigenvalue weighted by Gasteiger charge is -2.30. The van der Waals surface area contributed by atoms with Gasteiger partial charge in [-0.1, -0.05) is 12.8 Å². The molecule has 2 aliphatic rings. The van der Waals surface area contributed by atoms with E-state index >= 15 is 0 Å². The lowest BCUT2D eigenvalue weighted by Crippen LogP contribution is -2.46. The van der Waals surface area contributed by atoms with Gasteiger partial charge in [-0.15, -0.1) is 0 Å². The molecule has 0 bridgehead atoms. The summed E-state index contributed by atoms with van der Waals surface area (Å²) in [7, 11) is 0. The highest BCUT2D eigenvalue weighted by molar-refractivity contribution is 5.96. The van der Waals surface area contributed by atoms with E-state index in [1.807, 2.05) is 0 Å². The standard InChI is InChI=1S/C13H19NO4/c15-10-5-1-2-6-11(16)14(10)9-13(12(17)18)7-3-4-8-13/h1-9H2,(H,17,18). The van der Waals surface area contributed by atoms with Crippen LogP contribution < -0.4 is 0 Å². The number of amides is 2. The molecule has 100 valence electrons. The molecule has 1 aliphatic carbocycles. The molecule has 1 heterocycles. The fourth-order valence-corrected chi connectivity index (χ4v) is 2.93. The van der Waals surface area contributed by atoms with Crippen molar-refractivity contribution in [2.75, 3.05) is 6.54 Å². The molecule has 5 nitrogen and oxygen atoms in total. The Morgan fingerprint density at radius 3 is 2.00 bits per heavy atom. The van der Waals surface area contributed by atoms with Gasteiger partial charge in [-0.25, -0.2) is 0 Å². The second kappa shape index (κ2) is 5.08. The van der Waals surface area contributed by atoms with Crippen molar-refractivity contribution in [3.8, 4) is 0 Å². The van der Waals surface area contributed by atoms with Gasteiger partial charge in [0.05, 0.1) is 5.41 Å². The zero-order valence-corrected chi connectivity index (χ0v) is 10.5. The van der Waals surface area contributed by atoms with Gasteiger partial charge in [-0.05, 0) is 25.7 Å². The van der Waals surface area contributed by atoms with Crippen molar-refractivity contribution < 1.29 is 19.5 Å². The van der Waals surface area contributed by atoms with Crippen LogP contribution in [0.2, 0.25) is 0 Å². The van der Waals surface area contributed by atoms with Crippen LogP contribution in [-0.4, -0.2) is 34.3 Å². The average molecular weight is 253 g/mol. The van der Waals surface area contributed by atoms with Crippen molar-refractivity contribution in [3.05, 3.63) is 0 Å². The Balaban J connectivity index is 2.16. The zero-order valence-electron chi connectivity index (χ0n) is 10.5. The van der Waals surface area contributed by atoms with Crippen LogP contribution in [0, 0.1) is 5.41 Å². The number of carbonyl (C=O) groups excluding carboxylic acids is 2. The predicted octanol–water partition coefficient (Wildman–Crippen LogP) is 1.56. The highest BCUT2D eigenvalue weighted by atomic mass is 16.4. The Kier molecular flexibility index (Phi) is 3.68. The van der Waals surface area contributed by atoms with Gasteiger partial charge in [-0.3, -0.25) is 19.3 Å². The summed E-state index contributed by atoms with van der Waals surface area (Å²) >= 11 is 0. The fourth-order valence-electron chi connectivity index (χ4n) is 2.93. The van der Waals surface area contributed by atoms with Gasteiger partial charge in [0.15, 0.2) is 0 Å². The summed E-state index contributed by atoms with van der Waals surface area (Å²) in [5.41, 5.74) is -0.893. The van der Waals surface area contributed by atoms with E-state index < -0.39 is 11.4 Å². The first kappa shape index (κ1) is 13.1. The highest BCUT2D eigenvalue weighted by Crippen LogP contribution is 2.39. The number of nitrogens with zero attached hydrogens (tertiary/aromatic N) is 1. The minimum atomic E-state index is -0.893. The topological polar surface area (TPSA) is 74.7 Å². The van der Waals surface area contributed by atoms with E-state index in [1.54, 1.807) is 0 Å². The van der Waals surface area contributed by atoms with E-state index in [2.05, 4.69) is 0 Å². The van der Waals surface area contributed by atoms with Gasteiger partial charge in [0.25, 0.3) is 0 Å². The minimum Gasteiger partial charge on any atom is -0.481 e. The molecule has 2 fully saturated rings. The van der Waals surface area contributed by atoms with Crippen molar-refractivity contribution in [2.45, 2.75) is 51.4 Å². The number of hydrogen-bond donors (Lipinski definition) is 1. The number of carboxylic acids is 1. The second-order valence-electron chi connectivity index (χ2n) is 5.37. The molecule has 5 heteroatoms. The molecule has 1 N–H and O–H groups in total. The third-order valence-corrected chi connectivity index (χ3v) is 4.11. The smallest absolute Gasteiger partial charge is 0.311 e. The number of rotatable bonds is 3. The van der Waals surface area contributed by atoms with Crippen molar-refractivity contribution in [1.29, 1.82) is 0 Å². The summed E-state index contributed by atoms with van der Waals surface area (Å²) in [6.07, 6.45) is 5.04. The van der Waals surface area contributed by atoms with Crippen LogP contribution in [0.5, 0.6) is 0 Å². The summed E-state index contributed by atoms with van der Waals surface area (Å²) in [5.74, 6) is -1.28. The first-order valence-corrected chi connectivity index (χ1v) is 6.62. The van der Waals surface area contributed by atoms with Gasteiger partial charge >= 0.3 is 5.97 Å². The summed E-state index contributed by atoms with van der Waals surface area (Å²) in [6.45, 7) is 0.0694.